The number of allylic oxidation sites excluding steroid dienone is 10. The molecule has 0 spiro atoms. The Morgan fingerprint density at radius 1 is 0.530 bits per heavy atom. The first kappa shape index (κ1) is 61.4. The van der Waals surface area contributed by atoms with E-state index in [-0.39, 0.29) is 19.4 Å². The summed E-state index contributed by atoms with van der Waals surface area (Å²) in [5, 5.41) is 30.9. The summed E-state index contributed by atoms with van der Waals surface area (Å²) in [6, 6.07) is 0. The van der Waals surface area contributed by atoms with E-state index in [4.69, 9.17) is 18.9 Å². The molecule has 0 amide bonds. The lowest BCUT2D eigenvalue weighted by atomic mass is 10.00. The number of ether oxygens (including phenoxy) is 4. The summed E-state index contributed by atoms with van der Waals surface area (Å²) in [6.07, 6.45) is 44.3. The monoisotopic (exact) mass is 953 g/mol. The highest BCUT2D eigenvalue weighted by Gasteiger charge is 2.46. The van der Waals surface area contributed by atoms with Gasteiger partial charge in [-0.25, -0.2) is 0 Å². The Labute approximate surface area is 400 Å². The lowest BCUT2D eigenvalue weighted by Gasteiger charge is -2.40. The van der Waals surface area contributed by atoms with Gasteiger partial charge in [0.05, 0.1) is 6.61 Å². The van der Waals surface area contributed by atoms with Crippen molar-refractivity contribution in [2.45, 2.75) is 243 Å². The summed E-state index contributed by atoms with van der Waals surface area (Å²) >= 11 is 0. The number of carbonyl (C=O) groups is 2. The average Bonchev–Trinajstić information content (AvgIpc) is 3.28. The van der Waals surface area contributed by atoms with Crippen LogP contribution in [0.1, 0.15) is 206 Å². The number of hydrogen-bond acceptors (Lipinski definition) is 11. The van der Waals surface area contributed by atoms with Crippen LogP contribution in [-0.2, 0) is 38.7 Å². The molecule has 1 aliphatic rings. The molecule has 13 heteroatoms. The molecule has 1 aliphatic heterocycles. The van der Waals surface area contributed by atoms with E-state index in [9.17, 15) is 37.9 Å². The van der Waals surface area contributed by atoms with Gasteiger partial charge in [-0.1, -0.05) is 184 Å². The summed E-state index contributed by atoms with van der Waals surface area (Å²) in [5.74, 6) is -2.08. The SMILES string of the molecule is CC/C=C/C/C=C/C/C=C/C/C=C/CCCCC(=O)O[C@H](COC(=O)CCC/C=C/CCCCCCCCCCCCCCCCCCCC)CO[C@H]1O[C@H](CS(=O)(=O)O)[C@@H](O)C(O)C1O. The zero-order valence-electron chi connectivity index (χ0n) is 41.0. The maximum atomic E-state index is 12.8. The van der Waals surface area contributed by atoms with E-state index in [2.05, 4.69) is 74.6 Å². The maximum Gasteiger partial charge on any atom is 0.306 e. The van der Waals surface area contributed by atoms with Gasteiger partial charge in [-0.15, -0.1) is 0 Å². The highest BCUT2D eigenvalue weighted by molar-refractivity contribution is 7.85. The summed E-state index contributed by atoms with van der Waals surface area (Å²) in [5.41, 5.74) is 0. The predicted molar refractivity (Wildman–Crippen MR) is 265 cm³/mol. The van der Waals surface area contributed by atoms with Crippen molar-refractivity contribution < 1.29 is 56.8 Å². The number of aliphatic hydroxyl groups excluding tert-OH is 3. The van der Waals surface area contributed by atoms with E-state index in [0.717, 1.165) is 57.8 Å². The lowest BCUT2D eigenvalue weighted by molar-refractivity contribution is -0.297. The quantitative estimate of drug-likeness (QED) is 0.0196. The molecule has 0 radical (unpaired) electrons. The predicted octanol–water partition coefficient (Wildman–Crippen LogP) is 11.7. The fourth-order valence-electron chi connectivity index (χ4n) is 7.61. The Morgan fingerprint density at radius 3 is 1.48 bits per heavy atom. The Morgan fingerprint density at radius 2 is 0.970 bits per heavy atom. The summed E-state index contributed by atoms with van der Waals surface area (Å²) in [4.78, 5) is 25.5. The average molecular weight is 953 g/mol. The van der Waals surface area contributed by atoms with Crippen LogP contribution in [0, 0.1) is 0 Å². The highest BCUT2D eigenvalue weighted by atomic mass is 32.2. The van der Waals surface area contributed by atoms with E-state index in [1.807, 2.05) is 0 Å². The van der Waals surface area contributed by atoms with E-state index in [1.165, 1.54) is 109 Å². The Kier molecular flexibility index (Phi) is 39.5. The van der Waals surface area contributed by atoms with Crippen molar-refractivity contribution in [3.63, 3.8) is 0 Å². The first-order valence-electron chi connectivity index (χ1n) is 25.8. The third-order valence-electron chi connectivity index (χ3n) is 11.6. The van der Waals surface area contributed by atoms with Crippen LogP contribution in [0.15, 0.2) is 60.8 Å². The minimum atomic E-state index is -4.62. The maximum absolute atomic E-state index is 12.8. The van der Waals surface area contributed by atoms with Gasteiger partial charge in [0.2, 0.25) is 0 Å². The smallest absolute Gasteiger partial charge is 0.306 e. The van der Waals surface area contributed by atoms with Crippen molar-refractivity contribution in [1.82, 2.24) is 0 Å². The van der Waals surface area contributed by atoms with Gasteiger partial charge in [0, 0.05) is 12.8 Å². The summed E-state index contributed by atoms with van der Waals surface area (Å²) in [6.45, 7) is 3.61. The summed E-state index contributed by atoms with van der Waals surface area (Å²) in [7, 11) is -4.62. The van der Waals surface area contributed by atoms with Gasteiger partial charge in [-0.2, -0.15) is 8.42 Å². The zero-order valence-corrected chi connectivity index (χ0v) is 41.9. The van der Waals surface area contributed by atoms with Crippen molar-refractivity contribution in [3.05, 3.63) is 60.8 Å². The number of carbonyl (C=O) groups excluding carboxylic acids is 2. The molecule has 0 saturated carbocycles. The van der Waals surface area contributed by atoms with E-state index < -0.39 is 71.2 Å². The van der Waals surface area contributed by atoms with Gasteiger partial charge in [-0.05, 0) is 70.6 Å². The third-order valence-corrected chi connectivity index (χ3v) is 12.3. The molecule has 382 valence electrons. The van der Waals surface area contributed by atoms with Crippen LogP contribution in [0.3, 0.4) is 0 Å². The first-order chi connectivity index (χ1) is 32.0. The molecule has 0 bridgehead atoms. The van der Waals surface area contributed by atoms with Gasteiger partial charge in [0.15, 0.2) is 12.4 Å². The normalized spacial score (nSPS) is 19.9. The van der Waals surface area contributed by atoms with Crippen LogP contribution >= 0.6 is 0 Å². The lowest BCUT2D eigenvalue weighted by Crippen LogP contribution is -2.60. The van der Waals surface area contributed by atoms with Gasteiger partial charge in [0.1, 0.15) is 36.8 Å². The molecule has 66 heavy (non-hydrogen) atoms. The van der Waals surface area contributed by atoms with Gasteiger partial charge in [-0.3, -0.25) is 14.1 Å². The topological polar surface area (TPSA) is 186 Å². The fourth-order valence-corrected chi connectivity index (χ4v) is 8.30. The molecule has 1 fully saturated rings. The molecule has 6 atom stereocenters. The molecule has 0 aliphatic carbocycles. The first-order valence-corrected chi connectivity index (χ1v) is 27.5. The number of unbranched alkanes of at least 4 members (excludes halogenated alkanes) is 21. The molecule has 12 nitrogen and oxygen atoms in total. The van der Waals surface area contributed by atoms with E-state index >= 15 is 0 Å². The van der Waals surface area contributed by atoms with Crippen LogP contribution in [0.4, 0.5) is 0 Å². The van der Waals surface area contributed by atoms with Crippen molar-refractivity contribution in [1.29, 1.82) is 0 Å². The molecule has 1 saturated heterocycles. The van der Waals surface area contributed by atoms with Crippen molar-refractivity contribution >= 4 is 22.1 Å². The molecular weight excluding hydrogens is 861 g/mol. The molecule has 4 N–H and O–H groups in total. The molecule has 0 aromatic rings. The second-order valence-electron chi connectivity index (χ2n) is 17.8. The summed E-state index contributed by atoms with van der Waals surface area (Å²) < 4.78 is 54.1. The van der Waals surface area contributed by atoms with Crippen LogP contribution in [-0.4, -0.2) is 96.0 Å². The second kappa shape index (κ2) is 42.5. The molecule has 1 heterocycles. The van der Waals surface area contributed by atoms with Gasteiger partial charge < -0.3 is 34.3 Å². The minimum Gasteiger partial charge on any atom is -0.462 e. The van der Waals surface area contributed by atoms with Crippen LogP contribution < -0.4 is 0 Å². The van der Waals surface area contributed by atoms with Crippen molar-refractivity contribution in [3.8, 4) is 0 Å². The van der Waals surface area contributed by atoms with Gasteiger partial charge in [0.25, 0.3) is 10.1 Å². The van der Waals surface area contributed by atoms with Crippen molar-refractivity contribution in [2.75, 3.05) is 19.0 Å². The van der Waals surface area contributed by atoms with Crippen molar-refractivity contribution in [2.24, 2.45) is 0 Å². The zero-order chi connectivity index (χ0) is 48.4. The van der Waals surface area contributed by atoms with Crippen LogP contribution in [0.25, 0.3) is 0 Å². The number of hydrogen-bond donors (Lipinski definition) is 4. The molecule has 0 aromatic heterocycles. The fraction of sp³-hybridized carbons (Fsp3) is 0.774. The number of aliphatic hydroxyl groups is 3. The minimum absolute atomic E-state index is 0.105. The molecule has 2 unspecified atom stereocenters. The Balaban J connectivity index is 2.38. The largest absolute Gasteiger partial charge is 0.462 e. The Bertz CT molecular complexity index is 1440. The molecular formula is C53H92O12S. The number of esters is 2. The Hall–Kier alpha value is -2.65. The third kappa shape index (κ3) is 36.4. The molecule has 1 rings (SSSR count). The van der Waals surface area contributed by atoms with E-state index in [1.54, 1.807) is 0 Å². The van der Waals surface area contributed by atoms with Crippen LogP contribution in [0.5, 0.6) is 0 Å². The number of rotatable bonds is 43. The standard InChI is InChI=1S/C53H92O12S/c1-3-5-7-9-11-13-15-17-19-20-21-22-23-24-25-26-28-29-31-33-35-37-39-41-48(54)62-43-46(44-63-53-52(58)51(57)50(56)47(65-53)45-66(59,60)61)64-49(55)42-40-38-36-34-32-30-27-18-16-14-12-10-8-6-4-2/h6,8,12,14,18,27,32-35,46-47,50-53,56-58H,3-5,7,9-11,13,15-17,19-26,28-31,36-45H2,1-2H3,(H,59,60,61)/b8-6+,14-12+,27-18+,34-32+,35-33+/t46-,47-,50-,51?,52?,53+/m1/s1. The van der Waals surface area contributed by atoms with Gasteiger partial charge >= 0.3 is 11.9 Å². The second-order valence-corrected chi connectivity index (χ2v) is 19.3. The van der Waals surface area contributed by atoms with E-state index in [0.29, 0.717) is 12.8 Å². The molecule has 0 aromatic carbocycles. The van der Waals surface area contributed by atoms with Crippen LogP contribution in [0.2, 0.25) is 0 Å². The highest BCUT2D eigenvalue weighted by Crippen LogP contribution is 2.24.